The van der Waals surface area contributed by atoms with E-state index in [1.807, 2.05) is 37.3 Å². The Hall–Kier alpha value is -4.83. The van der Waals surface area contributed by atoms with E-state index in [-0.39, 0.29) is 33.2 Å². The summed E-state index contributed by atoms with van der Waals surface area (Å²) in [6, 6.07) is 17.5. The molecule has 42 heavy (non-hydrogen) atoms. The Bertz CT molecular complexity index is 1920. The predicted molar refractivity (Wildman–Crippen MR) is 156 cm³/mol. The number of fused-ring (bicyclic) bond motifs is 2. The van der Waals surface area contributed by atoms with Crippen molar-refractivity contribution < 1.29 is 27.9 Å². The van der Waals surface area contributed by atoms with Crippen molar-refractivity contribution in [2.45, 2.75) is 33.4 Å². The van der Waals surface area contributed by atoms with Crippen LogP contribution in [0.3, 0.4) is 0 Å². The van der Waals surface area contributed by atoms with Crippen LogP contribution >= 0.6 is 11.3 Å². The van der Waals surface area contributed by atoms with Crippen LogP contribution in [0.4, 0.5) is 9.52 Å². The summed E-state index contributed by atoms with van der Waals surface area (Å²) in [7, 11) is 0. The van der Waals surface area contributed by atoms with Crippen LogP contribution < -0.4 is 19.8 Å². The topological polar surface area (TPSA) is 98.9 Å². The summed E-state index contributed by atoms with van der Waals surface area (Å²) in [5.41, 5.74) is 1.58. The SMILES string of the molecule is CCOc1cc(C2c3c(oc4ccc(F)cc4c3=O)C(=O)N2c2nc(C)c(C(C)=O)s2)ccc1OCc1ccccc1. The lowest BCUT2D eigenvalue weighted by molar-refractivity contribution is 0.0969. The van der Waals surface area contributed by atoms with E-state index < -0.39 is 23.2 Å². The van der Waals surface area contributed by atoms with Gasteiger partial charge in [0.25, 0.3) is 5.91 Å². The number of aryl methyl sites for hydroxylation is 1. The molecule has 3 aromatic carbocycles. The first-order valence-corrected chi connectivity index (χ1v) is 14.1. The Morgan fingerprint density at radius 2 is 1.83 bits per heavy atom. The molecular weight excluding hydrogens is 559 g/mol. The molecule has 6 rings (SSSR count). The van der Waals surface area contributed by atoms with Crippen molar-refractivity contribution in [1.82, 2.24) is 4.98 Å². The Morgan fingerprint density at radius 1 is 1.05 bits per heavy atom. The van der Waals surface area contributed by atoms with Crippen LogP contribution in [0.1, 0.15) is 62.5 Å². The summed E-state index contributed by atoms with van der Waals surface area (Å²) in [6.45, 7) is 5.60. The maximum atomic E-state index is 14.2. The minimum absolute atomic E-state index is 0.0148. The van der Waals surface area contributed by atoms with E-state index in [1.54, 1.807) is 25.1 Å². The van der Waals surface area contributed by atoms with Crippen LogP contribution in [0.15, 0.2) is 75.9 Å². The van der Waals surface area contributed by atoms with Crippen LogP contribution in [-0.4, -0.2) is 23.3 Å². The van der Waals surface area contributed by atoms with E-state index in [0.29, 0.717) is 40.8 Å². The average Bonchev–Trinajstić information content (AvgIpc) is 3.50. The lowest BCUT2D eigenvalue weighted by atomic mass is 9.98. The number of hydrogen-bond donors (Lipinski definition) is 0. The molecule has 3 heterocycles. The molecular formula is C32H25FN2O6S. The van der Waals surface area contributed by atoms with Crippen molar-refractivity contribution in [1.29, 1.82) is 0 Å². The largest absolute Gasteiger partial charge is 0.490 e. The second-order valence-electron chi connectivity index (χ2n) is 9.77. The molecule has 0 fully saturated rings. The highest BCUT2D eigenvalue weighted by Crippen LogP contribution is 2.45. The normalized spacial score (nSPS) is 14.3. The molecule has 212 valence electrons. The molecule has 1 amide bonds. The third-order valence-corrected chi connectivity index (χ3v) is 8.22. The molecule has 0 saturated heterocycles. The van der Waals surface area contributed by atoms with Gasteiger partial charge in [-0.1, -0.05) is 47.7 Å². The number of nitrogens with zero attached hydrogens (tertiary/aromatic N) is 2. The van der Waals surface area contributed by atoms with Crippen LogP contribution in [0, 0.1) is 12.7 Å². The summed E-state index contributed by atoms with van der Waals surface area (Å²) >= 11 is 1.06. The van der Waals surface area contributed by atoms with Crippen LogP contribution in [0.5, 0.6) is 11.5 Å². The lowest BCUT2D eigenvalue weighted by Gasteiger charge is -2.23. The molecule has 0 bridgehead atoms. The summed E-state index contributed by atoms with van der Waals surface area (Å²) in [5, 5.41) is 0.247. The highest BCUT2D eigenvalue weighted by molar-refractivity contribution is 7.17. The lowest BCUT2D eigenvalue weighted by Crippen LogP contribution is -2.29. The Morgan fingerprint density at radius 3 is 2.55 bits per heavy atom. The van der Waals surface area contributed by atoms with Gasteiger partial charge in [0.05, 0.1) is 34.2 Å². The van der Waals surface area contributed by atoms with Gasteiger partial charge < -0.3 is 13.9 Å². The summed E-state index contributed by atoms with van der Waals surface area (Å²) in [4.78, 5) is 46.3. The van der Waals surface area contributed by atoms with Crippen molar-refractivity contribution >= 4 is 39.1 Å². The number of carbonyl (C=O) groups excluding carboxylic acids is 2. The third kappa shape index (κ3) is 4.73. The van der Waals surface area contributed by atoms with Gasteiger partial charge in [0.2, 0.25) is 5.76 Å². The van der Waals surface area contributed by atoms with Crippen molar-refractivity contribution in [2.75, 3.05) is 11.5 Å². The van der Waals surface area contributed by atoms with Crippen LogP contribution in [-0.2, 0) is 6.61 Å². The Balaban J connectivity index is 1.52. The monoisotopic (exact) mass is 584 g/mol. The summed E-state index contributed by atoms with van der Waals surface area (Å²) in [6.07, 6.45) is 0. The first-order valence-electron chi connectivity index (χ1n) is 13.3. The van der Waals surface area contributed by atoms with E-state index in [1.165, 1.54) is 17.9 Å². The molecule has 0 aliphatic carbocycles. The number of ether oxygens (including phenoxy) is 2. The molecule has 0 N–H and O–H groups in total. The minimum Gasteiger partial charge on any atom is -0.490 e. The highest BCUT2D eigenvalue weighted by atomic mass is 32.1. The maximum absolute atomic E-state index is 14.2. The molecule has 2 aromatic heterocycles. The van der Waals surface area contributed by atoms with Crippen molar-refractivity contribution in [3.8, 4) is 11.5 Å². The Labute approximate surface area is 243 Å². The number of anilines is 1. The van der Waals surface area contributed by atoms with Crippen molar-refractivity contribution in [3.63, 3.8) is 0 Å². The quantitative estimate of drug-likeness (QED) is 0.189. The number of halogens is 1. The van der Waals surface area contributed by atoms with Gasteiger partial charge in [0.15, 0.2) is 27.8 Å². The molecule has 0 spiro atoms. The average molecular weight is 585 g/mol. The fourth-order valence-electron chi connectivity index (χ4n) is 5.09. The smallest absolute Gasteiger partial charge is 0.297 e. The molecule has 5 aromatic rings. The van der Waals surface area contributed by atoms with Gasteiger partial charge in [0.1, 0.15) is 18.0 Å². The molecule has 10 heteroatoms. The van der Waals surface area contributed by atoms with Crippen molar-refractivity contribution in [2.24, 2.45) is 0 Å². The standard InChI is InChI=1S/C32H25FN2O6S/c1-4-39-25-14-20(10-12-24(25)40-16-19-8-6-5-7-9-19)27-26-28(37)22-15-21(33)11-13-23(22)41-29(26)31(38)35(27)32-34-17(2)30(42-32)18(3)36/h5-15,27H,4,16H2,1-3H3. The fraction of sp³-hybridized carbons (Fsp3) is 0.188. The fourth-order valence-corrected chi connectivity index (χ4v) is 6.08. The molecule has 1 aliphatic heterocycles. The van der Waals surface area contributed by atoms with E-state index in [4.69, 9.17) is 13.9 Å². The van der Waals surface area contributed by atoms with Gasteiger partial charge in [-0.2, -0.15) is 0 Å². The number of thiazole rings is 1. The molecule has 1 unspecified atom stereocenters. The molecule has 1 aliphatic rings. The number of carbonyl (C=O) groups is 2. The number of amides is 1. The van der Waals surface area contributed by atoms with Crippen molar-refractivity contribution in [3.05, 3.63) is 116 Å². The molecule has 0 saturated carbocycles. The zero-order valence-corrected chi connectivity index (χ0v) is 23.8. The second-order valence-corrected chi connectivity index (χ2v) is 10.8. The van der Waals surface area contributed by atoms with Crippen LogP contribution in [0.25, 0.3) is 11.0 Å². The first-order chi connectivity index (χ1) is 20.3. The number of rotatable bonds is 8. The number of aromatic nitrogens is 1. The molecule has 0 radical (unpaired) electrons. The maximum Gasteiger partial charge on any atom is 0.297 e. The zero-order chi connectivity index (χ0) is 29.5. The minimum atomic E-state index is -0.982. The van der Waals surface area contributed by atoms with Crippen LogP contribution in [0.2, 0.25) is 0 Å². The van der Waals surface area contributed by atoms with Gasteiger partial charge in [-0.05, 0) is 55.3 Å². The molecule has 1 atom stereocenters. The van der Waals surface area contributed by atoms with E-state index in [0.717, 1.165) is 29.0 Å². The van der Waals surface area contributed by atoms with E-state index >= 15 is 0 Å². The summed E-state index contributed by atoms with van der Waals surface area (Å²) < 4.78 is 32.1. The van der Waals surface area contributed by atoms with Gasteiger partial charge in [-0.15, -0.1) is 0 Å². The second kappa shape index (κ2) is 10.9. The number of Topliss-reactive ketones (excluding diaryl/α,β-unsaturated/α-hetero) is 1. The number of ketones is 1. The number of benzene rings is 3. The summed E-state index contributed by atoms with van der Waals surface area (Å²) in [5.74, 6) is -0.647. The highest BCUT2D eigenvalue weighted by Gasteiger charge is 2.45. The van der Waals surface area contributed by atoms with E-state index in [9.17, 15) is 18.8 Å². The van der Waals surface area contributed by atoms with Gasteiger partial charge in [0, 0.05) is 6.92 Å². The Kier molecular flexibility index (Phi) is 7.07. The first kappa shape index (κ1) is 27.3. The van der Waals surface area contributed by atoms with Gasteiger partial charge in [-0.3, -0.25) is 19.3 Å². The third-order valence-electron chi connectivity index (χ3n) is 6.96. The van der Waals surface area contributed by atoms with E-state index in [2.05, 4.69) is 4.98 Å². The predicted octanol–water partition coefficient (Wildman–Crippen LogP) is 6.63. The number of hydrogen-bond acceptors (Lipinski definition) is 8. The van der Waals surface area contributed by atoms with Gasteiger partial charge in [-0.25, -0.2) is 9.37 Å². The zero-order valence-electron chi connectivity index (χ0n) is 23.0. The van der Waals surface area contributed by atoms with Gasteiger partial charge >= 0.3 is 0 Å². The molecule has 8 nitrogen and oxygen atoms in total.